The topological polar surface area (TPSA) is 93.7 Å². The Morgan fingerprint density at radius 2 is 1.70 bits per heavy atom. The molecule has 0 fully saturated rings. The predicted molar refractivity (Wildman–Crippen MR) is 70.5 cm³/mol. The van der Waals surface area contributed by atoms with Gasteiger partial charge in [-0.3, -0.25) is 9.59 Å². The van der Waals surface area contributed by atoms with Crippen molar-refractivity contribution in [2.24, 2.45) is 0 Å². The van der Waals surface area contributed by atoms with Gasteiger partial charge in [0.25, 0.3) is 5.91 Å². The van der Waals surface area contributed by atoms with E-state index in [1.807, 2.05) is 0 Å². The van der Waals surface area contributed by atoms with Crippen molar-refractivity contribution < 1.29 is 37.0 Å². The highest BCUT2D eigenvalue weighted by Crippen LogP contribution is 2.22. The van der Waals surface area contributed by atoms with Gasteiger partial charge in [0, 0.05) is 7.05 Å². The highest BCUT2D eigenvalue weighted by molar-refractivity contribution is 5.92. The Balaban J connectivity index is 2.46. The summed E-state index contributed by atoms with van der Waals surface area (Å²) < 4.78 is 44.2. The molecule has 1 aromatic carbocycles. The zero-order valence-corrected chi connectivity index (χ0v) is 11.9. The summed E-state index contributed by atoms with van der Waals surface area (Å²) in [5.74, 6) is -2.51. The quantitative estimate of drug-likeness (QED) is 0.743. The summed E-state index contributed by atoms with van der Waals surface area (Å²) in [5, 5.41) is 4.48. The van der Waals surface area contributed by atoms with Gasteiger partial charge in [-0.15, -0.1) is 13.2 Å². The number of nitrogens with one attached hydrogen (secondary N) is 2. The van der Waals surface area contributed by atoms with Crippen LogP contribution in [0.5, 0.6) is 5.75 Å². The van der Waals surface area contributed by atoms with Gasteiger partial charge in [0.05, 0.1) is 12.1 Å². The summed E-state index contributed by atoms with van der Waals surface area (Å²) in [6, 6.07) is 4.00. The molecule has 2 amide bonds. The molecule has 126 valence electrons. The second-order valence-corrected chi connectivity index (χ2v) is 4.10. The van der Waals surface area contributed by atoms with Crippen LogP contribution in [-0.4, -0.2) is 44.3 Å². The first-order valence-electron chi connectivity index (χ1n) is 6.21. The summed E-state index contributed by atoms with van der Waals surface area (Å²) in [6.45, 7) is -0.896. The second-order valence-electron chi connectivity index (χ2n) is 4.10. The minimum atomic E-state index is -4.83. The Labute approximate surface area is 128 Å². The van der Waals surface area contributed by atoms with Crippen LogP contribution in [0, 0.1) is 0 Å². The fourth-order valence-electron chi connectivity index (χ4n) is 1.33. The van der Waals surface area contributed by atoms with E-state index in [0.29, 0.717) is 0 Å². The number of alkyl halides is 3. The SMILES string of the molecule is CNC(=O)CNC(=O)COC(=O)c1ccc(OC(F)(F)F)cc1. The van der Waals surface area contributed by atoms with Gasteiger partial charge in [0.15, 0.2) is 6.61 Å². The van der Waals surface area contributed by atoms with Crippen molar-refractivity contribution in [3.05, 3.63) is 29.8 Å². The molecule has 1 rings (SSSR count). The number of likely N-dealkylation sites (N-methyl/N-ethyl adjacent to an activating group) is 1. The summed E-state index contributed by atoms with van der Waals surface area (Å²) in [5.41, 5.74) is -0.0568. The van der Waals surface area contributed by atoms with E-state index in [2.05, 4.69) is 20.1 Å². The van der Waals surface area contributed by atoms with E-state index in [4.69, 9.17) is 0 Å². The number of ether oxygens (including phenoxy) is 2. The van der Waals surface area contributed by atoms with Crippen LogP contribution in [0.4, 0.5) is 13.2 Å². The Morgan fingerprint density at radius 1 is 1.09 bits per heavy atom. The highest BCUT2D eigenvalue weighted by Gasteiger charge is 2.31. The molecule has 1 aromatic rings. The summed E-state index contributed by atoms with van der Waals surface area (Å²) >= 11 is 0. The Hall–Kier alpha value is -2.78. The number of hydrogen-bond acceptors (Lipinski definition) is 5. The van der Waals surface area contributed by atoms with Gasteiger partial charge in [-0.05, 0) is 24.3 Å². The van der Waals surface area contributed by atoms with E-state index in [1.165, 1.54) is 7.05 Å². The minimum Gasteiger partial charge on any atom is -0.452 e. The Bertz CT molecular complexity index is 572. The second kappa shape index (κ2) is 8.01. The molecule has 0 saturated heterocycles. The van der Waals surface area contributed by atoms with Gasteiger partial charge in [0.1, 0.15) is 5.75 Å². The lowest BCUT2D eigenvalue weighted by Gasteiger charge is -2.09. The van der Waals surface area contributed by atoms with Crippen molar-refractivity contribution >= 4 is 17.8 Å². The molecule has 0 unspecified atom stereocenters. The molecule has 0 bridgehead atoms. The van der Waals surface area contributed by atoms with Crippen molar-refractivity contribution in [2.75, 3.05) is 20.2 Å². The number of hydrogen-bond donors (Lipinski definition) is 2. The van der Waals surface area contributed by atoms with Gasteiger partial charge in [-0.2, -0.15) is 0 Å². The molecular formula is C13H13F3N2O5. The van der Waals surface area contributed by atoms with Crippen LogP contribution in [0.15, 0.2) is 24.3 Å². The number of esters is 1. The maximum Gasteiger partial charge on any atom is 0.573 e. The summed E-state index contributed by atoms with van der Waals surface area (Å²) in [6.07, 6.45) is -4.83. The third-order valence-corrected chi connectivity index (χ3v) is 2.38. The summed E-state index contributed by atoms with van der Waals surface area (Å²) in [4.78, 5) is 33.8. The molecule has 10 heteroatoms. The van der Waals surface area contributed by atoms with E-state index in [-0.39, 0.29) is 12.1 Å². The minimum absolute atomic E-state index is 0.0568. The van der Waals surface area contributed by atoms with Gasteiger partial charge in [-0.1, -0.05) is 0 Å². The maximum absolute atomic E-state index is 12.0. The lowest BCUT2D eigenvalue weighted by atomic mass is 10.2. The van der Waals surface area contributed by atoms with Crippen molar-refractivity contribution in [2.45, 2.75) is 6.36 Å². The Kier molecular flexibility index (Phi) is 6.36. The molecule has 0 aliphatic carbocycles. The van der Waals surface area contributed by atoms with Crippen LogP contribution in [0.25, 0.3) is 0 Å². The molecule has 0 heterocycles. The number of halogens is 3. The van der Waals surface area contributed by atoms with Crippen LogP contribution < -0.4 is 15.4 Å². The van der Waals surface area contributed by atoms with Crippen molar-refractivity contribution in [3.63, 3.8) is 0 Å². The average Bonchev–Trinajstić information content (AvgIpc) is 2.49. The third-order valence-electron chi connectivity index (χ3n) is 2.38. The average molecular weight is 334 g/mol. The van der Waals surface area contributed by atoms with E-state index in [1.54, 1.807) is 0 Å². The van der Waals surface area contributed by atoms with Crippen molar-refractivity contribution in [3.8, 4) is 5.75 Å². The maximum atomic E-state index is 12.0. The zero-order valence-electron chi connectivity index (χ0n) is 11.9. The first kappa shape index (κ1) is 18.3. The van der Waals surface area contributed by atoms with Crippen molar-refractivity contribution in [1.82, 2.24) is 10.6 Å². The fourth-order valence-corrected chi connectivity index (χ4v) is 1.33. The zero-order chi connectivity index (χ0) is 17.5. The number of rotatable bonds is 6. The molecule has 0 radical (unpaired) electrons. The smallest absolute Gasteiger partial charge is 0.452 e. The van der Waals surface area contributed by atoms with Crippen LogP contribution in [0.3, 0.4) is 0 Å². The van der Waals surface area contributed by atoms with Crippen LogP contribution in [0.2, 0.25) is 0 Å². The molecule has 0 aliphatic rings. The van der Waals surface area contributed by atoms with Gasteiger partial charge < -0.3 is 20.1 Å². The molecule has 23 heavy (non-hydrogen) atoms. The molecule has 0 saturated carbocycles. The first-order chi connectivity index (χ1) is 10.7. The normalized spacial score (nSPS) is 10.6. The van der Waals surface area contributed by atoms with Gasteiger partial charge >= 0.3 is 12.3 Å². The lowest BCUT2D eigenvalue weighted by molar-refractivity contribution is -0.274. The molecule has 0 aliphatic heterocycles. The van der Waals surface area contributed by atoms with Crippen LogP contribution >= 0.6 is 0 Å². The number of benzene rings is 1. The van der Waals surface area contributed by atoms with Crippen LogP contribution in [-0.2, 0) is 14.3 Å². The number of carbonyl (C=O) groups excluding carboxylic acids is 3. The Morgan fingerprint density at radius 3 is 2.22 bits per heavy atom. The highest BCUT2D eigenvalue weighted by atomic mass is 19.4. The largest absolute Gasteiger partial charge is 0.573 e. The molecule has 0 spiro atoms. The molecular weight excluding hydrogens is 321 g/mol. The van der Waals surface area contributed by atoms with E-state index >= 15 is 0 Å². The van der Waals surface area contributed by atoms with E-state index < -0.39 is 36.5 Å². The monoisotopic (exact) mass is 334 g/mol. The summed E-state index contributed by atoms with van der Waals surface area (Å²) in [7, 11) is 1.39. The third kappa shape index (κ3) is 7.16. The molecule has 0 atom stereocenters. The van der Waals surface area contributed by atoms with Gasteiger partial charge in [-0.25, -0.2) is 4.79 Å². The van der Waals surface area contributed by atoms with Gasteiger partial charge in [0.2, 0.25) is 5.91 Å². The number of amides is 2. The van der Waals surface area contributed by atoms with Crippen LogP contribution in [0.1, 0.15) is 10.4 Å². The molecule has 7 nitrogen and oxygen atoms in total. The standard InChI is InChI=1S/C13H13F3N2O5/c1-17-10(19)6-18-11(20)7-22-12(21)8-2-4-9(5-3-8)23-13(14,15)16/h2-5H,6-7H2,1H3,(H,17,19)(H,18,20). The predicted octanol–water partition coefficient (Wildman–Crippen LogP) is 0.604. The van der Waals surface area contributed by atoms with E-state index in [9.17, 15) is 27.6 Å². The lowest BCUT2D eigenvalue weighted by Crippen LogP contribution is -2.37. The molecule has 2 N–H and O–H groups in total. The number of carbonyl (C=O) groups is 3. The first-order valence-corrected chi connectivity index (χ1v) is 6.21. The molecule has 0 aromatic heterocycles. The van der Waals surface area contributed by atoms with E-state index in [0.717, 1.165) is 24.3 Å². The van der Waals surface area contributed by atoms with Crippen molar-refractivity contribution in [1.29, 1.82) is 0 Å². The fraction of sp³-hybridized carbons (Fsp3) is 0.308.